The van der Waals surface area contributed by atoms with Crippen LogP contribution in [0, 0.1) is 0 Å². The van der Waals surface area contributed by atoms with Gasteiger partial charge in [0.15, 0.2) is 11.6 Å². The van der Waals surface area contributed by atoms with Crippen LogP contribution in [0.5, 0.6) is 0 Å². The number of aliphatic carboxylic acids is 2. The van der Waals surface area contributed by atoms with Crippen LogP contribution >= 0.6 is 0 Å². The highest BCUT2D eigenvalue weighted by molar-refractivity contribution is 6.09. The summed E-state index contributed by atoms with van der Waals surface area (Å²) < 4.78 is 0. The Morgan fingerprint density at radius 1 is 0.474 bits per heavy atom. The van der Waals surface area contributed by atoms with Crippen molar-refractivity contribution < 1.29 is 29.4 Å². The van der Waals surface area contributed by atoms with Crippen LogP contribution in [-0.2, 0) is 9.59 Å². The molecule has 0 aliphatic rings. The van der Waals surface area contributed by atoms with E-state index in [-0.39, 0.29) is 11.6 Å². The van der Waals surface area contributed by atoms with E-state index in [4.69, 9.17) is 10.2 Å². The molecular formula is C32H28O6. The summed E-state index contributed by atoms with van der Waals surface area (Å²) in [4.78, 5) is 46.4. The third-order valence-corrected chi connectivity index (χ3v) is 6.11. The fraction of sp³-hybridized carbons (Fsp3) is 0.125. The lowest BCUT2D eigenvalue weighted by Crippen LogP contribution is -2.09. The van der Waals surface area contributed by atoms with Gasteiger partial charge in [-0.15, -0.1) is 0 Å². The average Bonchev–Trinajstić information content (AvgIpc) is 2.96. The van der Waals surface area contributed by atoms with Crippen LogP contribution < -0.4 is 0 Å². The predicted molar refractivity (Wildman–Crippen MR) is 145 cm³/mol. The molecule has 0 heterocycles. The first-order chi connectivity index (χ1) is 18.2. The second kappa shape index (κ2) is 12.9. The van der Waals surface area contributed by atoms with Crippen molar-refractivity contribution in [2.24, 2.45) is 0 Å². The molecule has 38 heavy (non-hydrogen) atoms. The number of carbonyl (C=O) groups is 4. The number of carbonyl (C=O) groups excluding carboxylic acids is 2. The number of carboxylic acids is 2. The van der Waals surface area contributed by atoms with Gasteiger partial charge in [0.25, 0.3) is 0 Å². The molecule has 1 unspecified atom stereocenters. The van der Waals surface area contributed by atoms with Gasteiger partial charge in [0.2, 0.25) is 0 Å². The van der Waals surface area contributed by atoms with Crippen molar-refractivity contribution in [1.82, 2.24) is 0 Å². The van der Waals surface area contributed by atoms with Gasteiger partial charge in [0.1, 0.15) is 0 Å². The van der Waals surface area contributed by atoms with E-state index in [1.165, 1.54) is 0 Å². The summed E-state index contributed by atoms with van der Waals surface area (Å²) >= 11 is 0. The zero-order chi connectivity index (χ0) is 27.7. The van der Waals surface area contributed by atoms with Crippen LogP contribution in [-0.4, -0.2) is 33.7 Å². The number of carboxylic acid groups (broad SMARTS) is 2. The van der Waals surface area contributed by atoms with E-state index in [0.29, 0.717) is 33.4 Å². The van der Waals surface area contributed by atoms with E-state index in [1.54, 1.807) is 111 Å². The molecule has 4 aromatic rings. The Labute approximate surface area is 221 Å². The Kier molecular flexibility index (Phi) is 9.43. The summed E-state index contributed by atoms with van der Waals surface area (Å²) in [6.45, 7) is 3.21. The lowest BCUT2D eigenvalue weighted by Gasteiger charge is -2.08. The van der Waals surface area contributed by atoms with Gasteiger partial charge in [-0.25, -0.2) is 0 Å². The molecule has 0 fully saturated rings. The van der Waals surface area contributed by atoms with Crippen molar-refractivity contribution in [2.45, 2.75) is 25.7 Å². The van der Waals surface area contributed by atoms with E-state index in [2.05, 4.69) is 0 Å². The fourth-order valence-electron chi connectivity index (χ4n) is 3.70. The lowest BCUT2D eigenvalue weighted by atomic mass is 9.96. The Morgan fingerprint density at radius 2 is 0.789 bits per heavy atom. The predicted octanol–water partition coefficient (Wildman–Crippen LogP) is 6.21. The maximum absolute atomic E-state index is 12.2. The van der Waals surface area contributed by atoms with E-state index in [9.17, 15) is 19.2 Å². The molecule has 0 aromatic heterocycles. The van der Waals surface area contributed by atoms with E-state index in [0.717, 1.165) is 0 Å². The summed E-state index contributed by atoms with van der Waals surface area (Å²) in [7, 11) is 0. The molecule has 6 heteroatoms. The number of benzene rings is 4. The van der Waals surface area contributed by atoms with Crippen LogP contribution in [0.25, 0.3) is 0 Å². The fourth-order valence-corrected chi connectivity index (χ4v) is 3.70. The molecule has 0 aliphatic carbocycles. The summed E-state index contributed by atoms with van der Waals surface area (Å²) in [5.74, 6) is -3.24. The Bertz CT molecular complexity index is 1320. The Hall–Kier alpha value is -4.84. The van der Waals surface area contributed by atoms with Crippen molar-refractivity contribution in [1.29, 1.82) is 0 Å². The Balaban J connectivity index is 0.000000211. The summed E-state index contributed by atoms with van der Waals surface area (Å²) in [6.07, 6.45) is 0. The summed E-state index contributed by atoms with van der Waals surface area (Å²) in [5, 5.41) is 18.0. The second-order valence-electron chi connectivity index (χ2n) is 8.76. The minimum atomic E-state index is -0.899. The second-order valence-corrected chi connectivity index (χ2v) is 8.76. The molecular weight excluding hydrogens is 480 g/mol. The van der Waals surface area contributed by atoms with Gasteiger partial charge in [-0.2, -0.15) is 0 Å². The molecule has 0 aliphatic heterocycles. The number of ketones is 2. The van der Waals surface area contributed by atoms with Crippen LogP contribution in [0.15, 0.2) is 109 Å². The van der Waals surface area contributed by atoms with Crippen molar-refractivity contribution in [3.05, 3.63) is 143 Å². The van der Waals surface area contributed by atoms with Gasteiger partial charge in [-0.3, -0.25) is 19.2 Å². The largest absolute Gasteiger partial charge is 0.481 e. The molecule has 0 saturated carbocycles. The van der Waals surface area contributed by atoms with Crippen LogP contribution in [0.2, 0.25) is 0 Å². The first-order valence-electron chi connectivity index (χ1n) is 12.0. The molecule has 192 valence electrons. The molecule has 0 bridgehead atoms. The molecule has 0 amide bonds. The topological polar surface area (TPSA) is 109 Å². The molecule has 4 aromatic carbocycles. The standard InChI is InChI=1S/2C16H14O3/c2*1-11(16(18)19)13-8-5-9-14(10-13)15(17)12-6-3-2-4-7-12/h2*2-11H,1H3,(H,18,19)/t11-;/m1./s1. The molecule has 0 spiro atoms. The zero-order valence-electron chi connectivity index (χ0n) is 21.1. The number of hydrogen-bond acceptors (Lipinski definition) is 4. The number of rotatable bonds is 8. The molecule has 0 radical (unpaired) electrons. The van der Waals surface area contributed by atoms with Crippen LogP contribution in [0.3, 0.4) is 0 Å². The normalized spacial score (nSPS) is 11.8. The molecule has 6 nitrogen and oxygen atoms in total. The third-order valence-electron chi connectivity index (χ3n) is 6.11. The Morgan fingerprint density at radius 3 is 1.11 bits per heavy atom. The van der Waals surface area contributed by atoms with Crippen molar-refractivity contribution in [2.75, 3.05) is 0 Å². The minimum absolute atomic E-state index is 0.0972. The molecule has 0 saturated heterocycles. The molecule has 4 rings (SSSR count). The maximum Gasteiger partial charge on any atom is 0.310 e. The highest BCUT2D eigenvalue weighted by Crippen LogP contribution is 2.20. The highest BCUT2D eigenvalue weighted by Gasteiger charge is 2.17. The summed E-state index contributed by atoms with van der Waals surface area (Å²) in [6, 6.07) is 31.5. The SMILES string of the molecule is CC(C(=O)O)c1cccc(C(=O)c2ccccc2)c1.C[C@@H](C(=O)O)c1cccc(C(=O)c2ccccc2)c1. The molecule has 2 N–H and O–H groups in total. The highest BCUT2D eigenvalue weighted by atomic mass is 16.4. The first kappa shape index (κ1) is 27.7. The minimum Gasteiger partial charge on any atom is -0.481 e. The average molecular weight is 509 g/mol. The van der Waals surface area contributed by atoms with Crippen molar-refractivity contribution >= 4 is 23.5 Å². The maximum atomic E-state index is 12.2. The first-order valence-corrected chi connectivity index (χ1v) is 12.0. The number of hydrogen-bond donors (Lipinski definition) is 2. The van der Waals surface area contributed by atoms with Gasteiger partial charge in [0.05, 0.1) is 11.8 Å². The lowest BCUT2D eigenvalue weighted by molar-refractivity contribution is -0.139. The van der Waals surface area contributed by atoms with Crippen LogP contribution in [0.1, 0.15) is 68.7 Å². The van der Waals surface area contributed by atoms with Gasteiger partial charge < -0.3 is 10.2 Å². The zero-order valence-corrected chi connectivity index (χ0v) is 21.1. The molecule has 2 atom stereocenters. The van der Waals surface area contributed by atoms with Gasteiger partial charge in [-0.05, 0) is 37.1 Å². The smallest absolute Gasteiger partial charge is 0.310 e. The van der Waals surface area contributed by atoms with E-state index < -0.39 is 23.8 Å². The van der Waals surface area contributed by atoms with Crippen molar-refractivity contribution in [3.63, 3.8) is 0 Å². The van der Waals surface area contributed by atoms with Gasteiger partial charge >= 0.3 is 11.9 Å². The van der Waals surface area contributed by atoms with Crippen molar-refractivity contribution in [3.8, 4) is 0 Å². The summed E-state index contributed by atoms with van der Waals surface area (Å²) in [5.41, 5.74) is 3.49. The van der Waals surface area contributed by atoms with Gasteiger partial charge in [0, 0.05) is 22.3 Å². The van der Waals surface area contributed by atoms with E-state index >= 15 is 0 Å². The van der Waals surface area contributed by atoms with Gasteiger partial charge in [-0.1, -0.05) is 97.1 Å². The quantitative estimate of drug-likeness (QED) is 0.274. The van der Waals surface area contributed by atoms with E-state index in [1.807, 2.05) is 12.1 Å². The monoisotopic (exact) mass is 508 g/mol. The van der Waals surface area contributed by atoms with Crippen LogP contribution in [0.4, 0.5) is 0 Å². The third kappa shape index (κ3) is 7.11.